The van der Waals surface area contributed by atoms with Gasteiger partial charge in [0, 0.05) is 18.1 Å². The Morgan fingerprint density at radius 1 is 1.00 bits per heavy atom. The van der Waals surface area contributed by atoms with Crippen LogP contribution in [0.1, 0.15) is 62.3 Å². The van der Waals surface area contributed by atoms with Gasteiger partial charge >= 0.3 is 5.97 Å². The molecule has 1 aliphatic heterocycles. The smallest absolute Gasteiger partial charge is 0.306 e. The summed E-state index contributed by atoms with van der Waals surface area (Å²) in [7, 11) is -7.73. The minimum absolute atomic E-state index is 0.0215. The second-order valence-corrected chi connectivity index (χ2v) is 17.8. The Labute approximate surface area is 321 Å². The molecule has 0 aromatic heterocycles. The van der Waals surface area contributed by atoms with E-state index in [2.05, 4.69) is 0 Å². The van der Waals surface area contributed by atoms with E-state index in [1.165, 1.54) is 24.3 Å². The highest BCUT2D eigenvalue weighted by molar-refractivity contribution is 7.93. The quantitative estimate of drug-likeness (QED) is 0.0664. The van der Waals surface area contributed by atoms with Crippen molar-refractivity contribution in [3.63, 3.8) is 0 Å². The van der Waals surface area contributed by atoms with Crippen LogP contribution in [0.2, 0.25) is 0 Å². The summed E-state index contributed by atoms with van der Waals surface area (Å²) >= 11 is 0. The summed E-state index contributed by atoms with van der Waals surface area (Å²) in [6, 6.07) is 17.7. The molecule has 0 spiro atoms. The Bertz CT molecular complexity index is 2260. The first-order valence-electron chi connectivity index (χ1n) is 18.0. The van der Waals surface area contributed by atoms with Crippen molar-refractivity contribution in [1.82, 2.24) is 0 Å². The van der Waals surface area contributed by atoms with Crippen LogP contribution in [0.5, 0.6) is 11.5 Å². The largest absolute Gasteiger partial charge is 0.490 e. The van der Waals surface area contributed by atoms with E-state index in [9.17, 15) is 31.7 Å². The number of carbonyl (C=O) groups excluding carboxylic acids is 1. The molecule has 0 bridgehead atoms. The maximum absolute atomic E-state index is 15.6. The van der Waals surface area contributed by atoms with Crippen molar-refractivity contribution in [2.45, 2.75) is 84.0 Å². The monoisotopic (exact) mass is 796 g/mol. The molecule has 4 aromatic rings. The maximum atomic E-state index is 15.6. The fourth-order valence-electron chi connectivity index (χ4n) is 6.61. The molecule has 4 aromatic carbocycles. The average Bonchev–Trinajstić information content (AvgIpc) is 3.11. The van der Waals surface area contributed by atoms with E-state index >= 15 is 4.39 Å². The van der Waals surface area contributed by atoms with Crippen LogP contribution in [-0.2, 0) is 42.4 Å². The topological polar surface area (TPSA) is 159 Å². The third-order valence-corrected chi connectivity index (χ3v) is 12.7. The molecule has 5 rings (SSSR count). The molecule has 15 heteroatoms. The fourth-order valence-corrected chi connectivity index (χ4v) is 9.67. The number of halogens is 1. The Balaban J connectivity index is 1.57. The van der Waals surface area contributed by atoms with E-state index in [4.69, 9.17) is 14.2 Å². The van der Waals surface area contributed by atoms with Crippen LogP contribution in [0.15, 0.2) is 77.7 Å². The lowest BCUT2D eigenvalue weighted by molar-refractivity contribution is -0.387. The number of carbonyl (C=O) groups is 1. The maximum Gasteiger partial charge on any atom is 0.306 e. The Morgan fingerprint density at radius 3 is 2.29 bits per heavy atom. The van der Waals surface area contributed by atoms with E-state index in [1.54, 1.807) is 25.1 Å². The number of nitro groups is 1. The van der Waals surface area contributed by atoms with Crippen molar-refractivity contribution < 1.29 is 45.2 Å². The molecule has 1 heterocycles. The van der Waals surface area contributed by atoms with Crippen LogP contribution in [0.4, 0.5) is 15.8 Å². The molecule has 0 unspecified atom stereocenters. The molecular formula is C40H45FN2O10S2. The van der Waals surface area contributed by atoms with Gasteiger partial charge in [0.15, 0.2) is 14.7 Å². The average molecular weight is 797 g/mol. The number of sulfone groups is 1. The van der Waals surface area contributed by atoms with E-state index in [1.807, 2.05) is 39.8 Å². The summed E-state index contributed by atoms with van der Waals surface area (Å²) in [5.41, 5.74) is 3.05. The molecule has 294 valence electrons. The van der Waals surface area contributed by atoms with Crippen LogP contribution in [-0.4, -0.2) is 58.0 Å². The van der Waals surface area contributed by atoms with Gasteiger partial charge in [0.25, 0.3) is 15.7 Å². The van der Waals surface area contributed by atoms with Crippen LogP contribution in [0.3, 0.4) is 0 Å². The second-order valence-electron chi connectivity index (χ2n) is 13.7. The number of nitro benzene ring substituents is 1. The van der Waals surface area contributed by atoms with Crippen molar-refractivity contribution in [2.75, 3.05) is 22.4 Å². The number of hydrogen-bond donors (Lipinski definition) is 0. The molecule has 0 N–H and O–H groups in total. The number of benzene rings is 4. The zero-order valence-corrected chi connectivity index (χ0v) is 33.0. The number of nitrogens with zero attached hydrogens (tertiary/aromatic N) is 2. The summed E-state index contributed by atoms with van der Waals surface area (Å²) in [5.74, 6) is 0.0253. The Morgan fingerprint density at radius 2 is 1.67 bits per heavy atom. The first kappa shape index (κ1) is 41.1. The molecule has 1 fully saturated rings. The summed E-state index contributed by atoms with van der Waals surface area (Å²) in [6.45, 7) is 9.08. The SMILES string of the molecule is CCOC(=O)CCc1ccc(N(Cc2ccc(OC(C)C)c(-c3c(C)cc(OC4CCS(=O)(=O)CC4)cc3C)c2)S(=O)(=O)c2ccccc2[N+](=O)[O-])cc1F. The van der Waals surface area contributed by atoms with Gasteiger partial charge in [0.2, 0.25) is 0 Å². The van der Waals surface area contributed by atoms with E-state index in [0.29, 0.717) is 35.5 Å². The predicted octanol–water partition coefficient (Wildman–Crippen LogP) is 7.65. The number of para-hydroxylation sites is 1. The zero-order chi connectivity index (χ0) is 40.1. The van der Waals surface area contributed by atoms with Crippen molar-refractivity contribution >= 4 is 37.2 Å². The molecule has 0 atom stereocenters. The summed E-state index contributed by atoms with van der Waals surface area (Å²) < 4.78 is 86.6. The number of sulfonamides is 1. The number of anilines is 1. The Kier molecular flexibility index (Phi) is 12.9. The van der Waals surface area contributed by atoms with Crippen molar-refractivity contribution in [2.24, 2.45) is 0 Å². The van der Waals surface area contributed by atoms with Crippen LogP contribution in [0.25, 0.3) is 11.1 Å². The summed E-state index contributed by atoms with van der Waals surface area (Å²) in [4.78, 5) is 22.6. The van der Waals surface area contributed by atoms with Crippen LogP contribution in [0, 0.1) is 29.8 Å². The molecule has 0 aliphatic carbocycles. The highest BCUT2D eigenvalue weighted by Crippen LogP contribution is 2.40. The first-order valence-corrected chi connectivity index (χ1v) is 21.2. The van der Waals surface area contributed by atoms with E-state index in [-0.39, 0.29) is 61.0 Å². The van der Waals surface area contributed by atoms with Gasteiger partial charge in [-0.25, -0.2) is 21.2 Å². The normalized spacial score (nSPS) is 14.4. The predicted molar refractivity (Wildman–Crippen MR) is 207 cm³/mol. The molecule has 55 heavy (non-hydrogen) atoms. The highest BCUT2D eigenvalue weighted by Gasteiger charge is 2.33. The van der Waals surface area contributed by atoms with Crippen LogP contribution < -0.4 is 13.8 Å². The molecular weight excluding hydrogens is 752 g/mol. The third kappa shape index (κ3) is 10.00. The third-order valence-electron chi connectivity index (χ3n) is 9.17. The number of aryl methyl sites for hydroxylation is 3. The van der Waals surface area contributed by atoms with E-state index < -0.39 is 47.2 Å². The molecule has 1 saturated heterocycles. The summed E-state index contributed by atoms with van der Waals surface area (Å²) in [6.07, 6.45) is 0.308. The zero-order valence-electron chi connectivity index (χ0n) is 31.4. The molecule has 0 amide bonds. The van der Waals surface area contributed by atoms with Gasteiger partial charge in [-0.05, 0) is 124 Å². The van der Waals surface area contributed by atoms with Crippen molar-refractivity contribution in [3.8, 4) is 22.6 Å². The van der Waals surface area contributed by atoms with E-state index in [0.717, 1.165) is 39.2 Å². The second kappa shape index (κ2) is 17.2. The molecule has 12 nitrogen and oxygen atoms in total. The number of rotatable bonds is 15. The van der Waals surface area contributed by atoms with Crippen LogP contribution >= 0.6 is 0 Å². The van der Waals surface area contributed by atoms with Gasteiger partial charge in [-0.3, -0.25) is 19.2 Å². The molecule has 1 aliphatic rings. The number of esters is 1. The summed E-state index contributed by atoms with van der Waals surface area (Å²) in [5, 5.41) is 12.0. The van der Waals surface area contributed by atoms with Gasteiger partial charge in [-0.2, -0.15) is 0 Å². The minimum atomic E-state index is -4.68. The molecule has 0 radical (unpaired) electrons. The van der Waals surface area contributed by atoms with Crippen molar-refractivity contribution in [1.29, 1.82) is 0 Å². The van der Waals surface area contributed by atoms with Gasteiger partial charge < -0.3 is 14.2 Å². The minimum Gasteiger partial charge on any atom is -0.490 e. The Hall–Kier alpha value is -5.02. The fraction of sp³-hybridized carbons (Fsp3) is 0.375. The van der Waals surface area contributed by atoms with Gasteiger partial charge in [0.1, 0.15) is 23.4 Å². The lowest BCUT2D eigenvalue weighted by Gasteiger charge is -2.26. The lowest BCUT2D eigenvalue weighted by Crippen LogP contribution is -2.31. The number of hydrogen-bond acceptors (Lipinski definition) is 10. The van der Waals surface area contributed by atoms with Crippen molar-refractivity contribution in [3.05, 3.63) is 111 Å². The van der Waals surface area contributed by atoms with Gasteiger partial charge in [-0.1, -0.05) is 24.3 Å². The lowest BCUT2D eigenvalue weighted by atomic mass is 9.93. The van der Waals surface area contributed by atoms with Gasteiger partial charge in [-0.15, -0.1) is 0 Å². The molecule has 0 saturated carbocycles. The first-order chi connectivity index (χ1) is 26.0. The van der Waals surface area contributed by atoms with Gasteiger partial charge in [0.05, 0.1) is 41.4 Å². The number of ether oxygens (including phenoxy) is 3. The highest BCUT2D eigenvalue weighted by atomic mass is 32.2. The standard InChI is InChI=1S/C40H45FN2O10S2/c1-6-51-39(44)16-13-30-12-14-31(24-35(30)41)42(55(49,50)38-10-8-7-9-36(38)43(45)46)25-29-11-15-37(52-26(2)3)34(23-29)40-27(4)21-33(22-28(40)5)53-32-17-19-54(47,48)20-18-32/h7-12,14-15,21-24,26,32H,6,13,16-20,25H2,1-5H3.